The van der Waals surface area contributed by atoms with Gasteiger partial charge in [0.1, 0.15) is 0 Å². The van der Waals surface area contributed by atoms with Crippen LogP contribution in [0.5, 0.6) is 0 Å². The highest BCUT2D eigenvalue weighted by Crippen LogP contribution is 2.46. The summed E-state index contributed by atoms with van der Waals surface area (Å²) in [6.07, 6.45) is 7.25. The Bertz CT molecular complexity index is 477. The van der Waals surface area contributed by atoms with Crippen molar-refractivity contribution in [3.8, 4) is 0 Å². The molecule has 0 aromatic heterocycles. The molecule has 2 aliphatic carbocycles. The molecule has 0 saturated heterocycles. The minimum absolute atomic E-state index is 0.680. The molecule has 0 nitrogen and oxygen atoms in total. The van der Waals surface area contributed by atoms with E-state index in [1.54, 1.807) is 11.1 Å². The average molecular weight is 210 g/mol. The molecule has 82 valence electrons. The lowest BCUT2D eigenvalue weighted by atomic mass is 9.69. The summed E-state index contributed by atoms with van der Waals surface area (Å²) in [4.78, 5) is 0. The Hall–Kier alpha value is -1.30. The highest BCUT2D eigenvalue weighted by atomic mass is 14.3. The van der Waals surface area contributed by atoms with E-state index in [0.29, 0.717) is 5.92 Å². The molecule has 1 aromatic rings. The van der Waals surface area contributed by atoms with Crippen LogP contribution in [0.2, 0.25) is 0 Å². The molecule has 0 heteroatoms. The van der Waals surface area contributed by atoms with Crippen molar-refractivity contribution in [1.29, 1.82) is 0 Å². The van der Waals surface area contributed by atoms with E-state index >= 15 is 0 Å². The number of allylic oxidation sites excluding steroid dienone is 4. The molecular weight excluding hydrogens is 192 g/mol. The first-order chi connectivity index (χ1) is 7.79. The number of rotatable bonds is 0. The second kappa shape index (κ2) is 3.62. The maximum atomic E-state index is 2.38. The van der Waals surface area contributed by atoms with Gasteiger partial charge in [0.15, 0.2) is 0 Å². The highest BCUT2D eigenvalue weighted by Gasteiger charge is 2.30. The molecule has 0 aliphatic heterocycles. The monoisotopic (exact) mass is 210 g/mol. The Morgan fingerprint density at radius 2 is 2.00 bits per heavy atom. The van der Waals surface area contributed by atoms with Gasteiger partial charge < -0.3 is 0 Å². The molecular formula is C16H18. The van der Waals surface area contributed by atoms with Gasteiger partial charge in [-0.25, -0.2) is 0 Å². The summed E-state index contributed by atoms with van der Waals surface area (Å²) >= 11 is 0. The maximum Gasteiger partial charge on any atom is -0.00898 e. The van der Waals surface area contributed by atoms with Gasteiger partial charge in [-0.2, -0.15) is 0 Å². The first-order valence-electron chi connectivity index (χ1n) is 6.25. The number of hydrogen-bond acceptors (Lipinski definition) is 0. The van der Waals surface area contributed by atoms with Crippen molar-refractivity contribution in [2.45, 2.75) is 32.6 Å². The van der Waals surface area contributed by atoms with Crippen LogP contribution in [-0.2, 0) is 0 Å². The van der Waals surface area contributed by atoms with Crippen molar-refractivity contribution in [3.05, 3.63) is 53.1 Å². The molecule has 2 atom stereocenters. The lowest BCUT2D eigenvalue weighted by Gasteiger charge is -2.35. The topological polar surface area (TPSA) is 0 Å². The second-order valence-corrected chi connectivity index (χ2v) is 5.04. The van der Waals surface area contributed by atoms with E-state index < -0.39 is 0 Å². The number of fused-ring (bicyclic) bond motifs is 2. The van der Waals surface area contributed by atoms with Crippen molar-refractivity contribution >= 4 is 5.57 Å². The third-order valence-corrected chi connectivity index (χ3v) is 4.23. The second-order valence-electron chi connectivity index (χ2n) is 5.04. The lowest BCUT2D eigenvalue weighted by molar-refractivity contribution is 0.474. The van der Waals surface area contributed by atoms with Gasteiger partial charge >= 0.3 is 0 Å². The van der Waals surface area contributed by atoms with Crippen LogP contribution < -0.4 is 0 Å². The predicted octanol–water partition coefficient (Wildman–Crippen LogP) is 4.54. The predicted molar refractivity (Wildman–Crippen MR) is 69.3 cm³/mol. The summed E-state index contributed by atoms with van der Waals surface area (Å²) in [7, 11) is 0. The number of benzene rings is 1. The Kier molecular flexibility index (Phi) is 2.24. The van der Waals surface area contributed by atoms with Crippen molar-refractivity contribution < 1.29 is 0 Å². The van der Waals surface area contributed by atoms with Crippen molar-refractivity contribution in [2.24, 2.45) is 5.92 Å². The van der Waals surface area contributed by atoms with Crippen LogP contribution in [0.1, 0.15) is 43.7 Å². The third-order valence-electron chi connectivity index (χ3n) is 4.23. The first kappa shape index (κ1) is 9.89. The van der Waals surface area contributed by atoms with Gasteiger partial charge in [0.2, 0.25) is 0 Å². The number of hydrogen-bond donors (Lipinski definition) is 0. The zero-order valence-corrected chi connectivity index (χ0v) is 10.0. The highest BCUT2D eigenvalue weighted by molar-refractivity contribution is 5.75. The third kappa shape index (κ3) is 1.29. The maximum absolute atomic E-state index is 2.38. The Balaban J connectivity index is 2.24. The molecule has 0 N–H and O–H groups in total. The van der Waals surface area contributed by atoms with Crippen LogP contribution in [0, 0.1) is 5.92 Å². The van der Waals surface area contributed by atoms with Crippen LogP contribution in [0.4, 0.5) is 0 Å². The minimum Gasteiger partial charge on any atom is -0.0842 e. The van der Waals surface area contributed by atoms with Gasteiger partial charge in [-0.05, 0) is 53.9 Å². The fourth-order valence-electron chi connectivity index (χ4n) is 3.30. The van der Waals surface area contributed by atoms with Gasteiger partial charge in [0.25, 0.3) is 0 Å². The van der Waals surface area contributed by atoms with Gasteiger partial charge in [0.05, 0.1) is 0 Å². The molecule has 0 bridgehead atoms. The van der Waals surface area contributed by atoms with Gasteiger partial charge in [0, 0.05) is 0 Å². The van der Waals surface area contributed by atoms with Crippen LogP contribution in [0.15, 0.2) is 42.0 Å². The quantitative estimate of drug-likeness (QED) is 0.589. The molecule has 0 saturated carbocycles. The molecule has 0 fully saturated rings. The van der Waals surface area contributed by atoms with Crippen molar-refractivity contribution in [2.75, 3.05) is 0 Å². The molecule has 1 aromatic carbocycles. The summed E-state index contributed by atoms with van der Waals surface area (Å²) < 4.78 is 0. The van der Waals surface area contributed by atoms with E-state index in [9.17, 15) is 0 Å². The summed E-state index contributed by atoms with van der Waals surface area (Å²) in [5.74, 6) is 1.43. The Labute approximate surface area is 97.7 Å². The van der Waals surface area contributed by atoms with Crippen molar-refractivity contribution in [3.63, 3.8) is 0 Å². The molecule has 0 radical (unpaired) electrons. The van der Waals surface area contributed by atoms with Gasteiger partial charge in [-0.3, -0.25) is 0 Å². The van der Waals surface area contributed by atoms with Crippen LogP contribution in [0.3, 0.4) is 0 Å². The summed E-state index contributed by atoms with van der Waals surface area (Å²) in [5.41, 5.74) is 6.09. The SMILES string of the molecule is CC1=C2C=CCCC2[C@@H](C)c2ccccc21. The van der Waals surface area contributed by atoms with Crippen LogP contribution >= 0.6 is 0 Å². The van der Waals surface area contributed by atoms with E-state index in [1.807, 2.05) is 0 Å². The fourth-order valence-corrected chi connectivity index (χ4v) is 3.30. The van der Waals surface area contributed by atoms with Crippen LogP contribution in [0.25, 0.3) is 5.57 Å². The van der Waals surface area contributed by atoms with Gasteiger partial charge in [-0.1, -0.05) is 43.3 Å². The Morgan fingerprint density at radius 3 is 2.88 bits per heavy atom. The molecule has 0 amide bonds. The molecule has 1 unspecified atom stereocenters. The van der Waals surface area contributed by atoms with E-state index in [2.05, 4.69) is 50.3 Å². The van der Waals surface area contributed by atoms with Crippen molar-refractivity contribution in [1.82, 2.24) is 0 Å². The van der Waals surface area contributed by atoms with E-state index in [-0.39, 0.29) is 0 Å². The molecule has 0 heterocycles. The zero-order valence-electron chi connectivity index (χ0n) is 10.0. The first-order valence-corrected chi connectivity index (χ1v) is 6.25. The average Bonchev–Trinajstić information content (AvgIpc) is 2.36. The standard InChI is InChI=1S/C16H18/c1-11-13-7-3-5-9-15(13)12(2)16-10-6-4-8-14(11)16/h3-5,7-9,12,16H,6,10H2,1-2H3/t12-,16?/m0/s1. The van der Waals surface area contributed by atoms with E-state index in [1.165, 1.54) is 24.0 Å². The van der Waals surface area contributed by atoms with Crippen LogP contribution in [-0.4, -0.2) is 0 Å². The Morgan fingerprint density at radius 1 is 1.19 bits per heavy atom. The molecule has 2 aliphatic rings. The fraction of sp³-hybridized carbons (Fsp3) is 0.375. The summed E-state index contributed by atoms with van der Waals surface area (Å²) in [6, 6.07) is 8.90. The summed E-state index contributed by atoms with van der Waals surface area (Å²) in [6.45, 7) is 4.66. The largest absolute Gasteiger partial charge is 0.0842 e. The van der Waals surface area contributed by atoms with Gasteiger partial charge in [-0.15, -0.1) is 0 Å². The lowest BCUT2D eigenvalue weighted by Crippen LogP contribution is -2.20. The molecule has 0 spiro atoms. The molecule has 16 heavy (non-hydrogen) atoms. The van der Waals surface area contributed by atoms with E-state index in [4.69, 9.17) is 0 Å². The smallest absolute Gasteiger partial charge is 0.00898 e. The van der Waals surface area contributed by atoms with E-state index in [0.717, 1.165) is 5.92 Å². The normalized spacial score (nSPS) is 27.6. The summed E-state index contributed by atoms with van der Waals surface area (Å²) in [5, 5.41) is 0. The molecule has 3 rings (SSSR count). The minimum atomic E-state index is 0.680. The zero-order chi connectivity index (χ0) is 11.1.